The maximum Gasteiger partial charge on any atom is 0.304 e. The maximum absolute atomic E-state index is 14.9. The van der Waals surface area contributed by atoms with E-state index in [1.54, 1.807) is 0 Å². The zero-order valence-corrected chi connectivity index (χ0v) is 24.4. The van der Waals surface area contributed by atoms with Crippen LogP contribution >= 0.6 is 0 Å². The van der Waals surface area contributed by atoms with Gasteiger partial charge in [0.05, 0.1) is 5.69 Å². The third kappa shape index (κ3) is 8.58. The number of carbonyl (C=O) groups is 2. The topological polar surface area (TPSA) is 90.0 Å². The largest absolute Gasteiger partial charge is 0.354 e. The highest BCUT2D eigenvalue weighted by molar-refractivity contribution is 7.90. The van der Waals surface area contributed by atoms with Crippen molar-refractivity contribution in [3.63, 3.8) is 0 Å². The molecule has 0 aliphatic rings. The highest BCUT2D eigenvalue weighted by Gasteiger charge is 2.35. The van der Waals surface area contributed by atoms with Gasteiger partial charge in [0.2, 0.25) is 11.8 Å². The first-order chi connectivity index (χ1) is 19.4. The number of hydrogen-bond acceptors (Lipinski definition) is 4. The molecule has 0 spiro atoms. The molecule has 0 fully saturated rings. The van der Waals surface area contributed by atoms with Crippen LogP contribution < -0.4 is 9.62 Å². The minimum atomic E-state index is -4.32. The van der Waals surface area contributed by atoms with E-state index in [2.05, 4.69) is 5.32 Å². The van der Waals surface area contributed by atoms with E-state index in [1.807, 2.05) is 44.2 Å². The Labute approximate surface area is 240 Å². The standard InChI is InChI=1S/C30H36F2N4O4S/c1-22(2)19-33-30(38)28(18-23-10-6-5-7-11-23)35(20-24-14-16-25(31)17-15-24)29(37)21-36(41(39,40)34(3)4)27-13-9-8-12-26(27)32/h5-17,22,28H,18-21H2,1-4H3,(H,33,38)/t28-/m1/s1. The molecule has 8 nitrogen and oxygen atoms in total. The van der Waals surface area contributed by atoms with Gasteiger partial charge in [0, 0.05) is 33.6 Å². The van der Waals surface area contributed by atoms with Crippen molar-refractivity contribution in [2.24, 2.45) is 5.92 Å². The highest BCUT2D eigenvalue weighted by atomic mass is 32.2. The number of benzene rings is 3. The number of nitrogens with one attached hydrogen (secondary N) is 1. The van der Waals surface area contributed by atoms with Crippen molar-refractivity contribution < 1.29 is 26.8 Å². The lowest BCUT2D eigenvalue weighted by Crippen LogP contribution is -2.54. The Morgan fingerprint density at radius 3 is 2.05 bits per heavy atom. The van der Waals surface area contributed by atoms with Gasteiger partial charge in [0.25, 0.3) is 0 Å². The van der Waals surface area contributed by atoms with Gasteiger partial charge in [-0.25, -0.2) is 13.1 Å². The predicted molar refractivity (Wildman–Crippen MR) is 155 cm³/mol. The van der Waals surface area contributed by atoms with Crippen molar-refractivity contribution in [1.29, 1.82) is 0 Å². The quantitative estimate of drug-likeness (QED) is 0.328. The Hall–Kier alpha value is -3.83. The van der Waals surface area contributed by atoms with E-state index in [1.165, 1.54) is 61.5 Å². The number of rotatable bonds is 13. The first-order valence-electron chi connectivity index (χ1n) is 13.2. The molecule has 0 radical (unpaired) electrons. The zero-order valence-electron chi connectivity index (χ0n) is 23.6. The molecule has 0 aliphatic heterocycles. The summed E-state index contributed by atoms with van der Waals surface area (Å²) in [6.07, 6.45) is 0.137. The van der Waals surface area contributed by atoms with Crippen LogP contribution in [0.2, 0.25) is 0 Å². The maximum atomic E-state index is 14.9. The summed E-state index contributed by atoms with van der Waals surface area (Å²) < 4.78 is 56.7. The van der Waals surface area contributed by atoms with Gasteiger partial charge in [-0.1, -0.05) is 68.4 Å². The molecule has 0 bridgehead atoms. The van der Waals surface area contributed by atoms with E-state index in [4.69, 9.17) is 0 Å². The lowest BCUT2D eigenvalue weighted by Gasteiger charge is -2.34. The molecule has 0 aliphatic carbocycles. The van der Waals surface area contributed by atoms with Gasteiger partial charge in [-0.15, -0.1) is 0 Å². The van der Waals surface area contributed by atoms with Gasteiger partial charge < -0.3 is 10.2 Å². The molecular weight excluding hydrogens is 550 g/mol. The van der Waals surface area contributed by atoms with Crippen LogP contribution in [0, 0.1) is 17.6 Å². The number of nitrogens with zero attached hydrogens (tertiary/aromatic N) is 3. The second kappa shape index (κ2) is 14.2. The third-order valence-corrected chi connectivity index (χ3v) is 8.17. The van der Waals surface area contributed by atoms with Crippen molar-refractivity contribution >= 4 is 27.7 Å². The lowest BCUT2D eigenvalue weighted by molar-refractivity contribution is -0.140. The van der Waals surface area contributed by atoms with Gasteiger partial charge in [0.1, 0.15) is 24.2 Å². The van der Waals surface area contributed by atoms with Gasteiger partial charge in [-0.05, 0) is 41.3 Å². The molecule has 220 valence electrons. The summed E-state index contributed by atoms with van der Waals surface area (Å²) in [5.74, 6) is -2.31. The van der Waals surface area contributed by atoms with Crippen molar-refractivity contribution in [2.75, 3.05) is 31.5 Å². The number of amides is 2. The fourth-order valence-corrected chi connectivity index (χ4v) is 5.18. The Balaban J connectivity index is 2.09. The fraction of sp³-hybridized carbons (Fsp3) is 0.333. The van der Waals surface area contributed by atoms with Crippen LogP contribution in [0.3, 0.4) is 0 Å². The molecule has 3 aromatic rings. The van der Waals surface area contributed by atoms with Gasteiger partial charge in [-0.2, -0.15) is 12.7 Å². The summed E-state index contributed by atoms with van der Waals surface area (Å²) in [5.41, 5.74) is 1.00. The summed E-state index contributed by atoms with van der Waals surface area (Å²) in [7, 11) is -1.76. The van der Waals surface area contributed by atoms with Gasteiger partial charge in [0.15, 0.2) is 0 Å². The highest BCUT2D eigenvalue weighted by Crippen LogP contribution is 2.24. The molecular formula is C30H36F2N4O4S. The van der Waals surface area contributed by atoms with E-state index >= 15 is 0 Å². The van der Waals surface area contributed by atoms with Crippen molar-refractivity contribution in [1.82, 2.24) is 14.5 Å². The molecule has 2 amide bonds. The Kier molecular flexibility index (Phi) is 11.0. The van der Waals surface area contributed by atoms with Crippen LogP contribution in [-0.4, -0.2) is 62.7 Å². The Bertz CT molecular complexity index is 1420. The third-order valence-electron chi connectivity index (χ3n) is 6.36. The lowest BCUT2D eigenvalue weighted by atomic mass is 10.0. The van der Waals surface area contributed by atoms with Crippen LogP contribution in [0.15, 0.2) is 78.9 Å². The summed E-state index contributed by atoms with van der Waals surface area (Å²) in [4.78, 5) is 28.9. The molecule has 1 atom stereocenters. The normalized spacial score (nSPS) is 12.3. The number of hydrogen-bond donors (Lipinski definition) is 1. The van der Waals surface area contributed by atoms with Gasteiger partial charge >= 0.3 is 10.2 Å². The van der Waals surface area contributed by atoms with Crippen molar-refractivity contribution in [3.05, 3.63) is 102 Å². The molecule has 0 saturated heterocycles. The van der Waals surface area contributed by atoms with Crippen LogP contribution in [0.4, 0.5) is 14.5 Å². The summed E-state index contributed by atoms with van der Waals surface area (Å²) in [6.45, 7) is 3.35. The molecule has 41 heavy (non-hydrogen) atoms. The second-order valence-electron chi connectivity index (χ2n) is 10.2. The Morgan fingerprint density at radius 2 is 1.46 bits per heavy atom. The average molecular weight is 587 g/mol. The van der Waals surface area contributed by atoms with E-state index in [0.29, 0.717) is 16.4 Å². The van der Waals surface area contributed by atoms with Crippen LogP contribution in [0.25, 0.3) is 0 Å². The number of para-hydroxylation sites is 1. The predicted octanol–water partition coefficient (Wildman–Crippen LogP) is 3.99. The van der Waals surface area contributed by atoms with E-state index in [-0.39, 0.29) is 24.6 Å². The summed E-state index contributed by atoms with van der Waals surface area (Å²) in [5, 5.41) is 2.88. The van der Waals surface area contributed by atoms with Crippen LogP contribution in [0.1, 0.15) is 25.0 Å². The molecule has 3 rings (SSSR count). The molecule has 0 aromatic heterocycles. The molecule has 11 heteroatoms. The van der Waals surface area contributed by atoms with Crippen LogP contribution in [0.5, 0.6) is 0 Å². The van der Waals surface area contributed by atoms with E-state index in [9.17, 15) is 26.8 Å². The smallest absolute Gasteiger partial charge is 0.304 e. The molecule has 3 aromatic carbocycles. The monoisotopic (exact) mass is 586 g/mol. The number of anilines is 1. The van der Waals surface area contributed by atoms with E-state index < -0.39 is 46.2 Å². The molecule has 0 unspecified atom stereocenters. The number of carbonyl (C=O) groups excluding carboxylic acids is 2. The van der Waals surface area contributed by atoms with Gasteiger partial charge in [-0.3, -0.25) is 9.59 Å². The minimum Gasteiger partial charge on any atom is -0.354 e. The average Bonchev–Trinajstić information content (AvgIpc) is 2.94. The molecule has 0 saturated carbocycles. The minimum absolute atomic E-state index is 0.112. The van der Waals surface area contributed by atoms with Crippen molar-refractivity contribution in [3.8, 4) is 0 Å². The van der Waals surface area contributed by atoms with Crippen LogP contribution in [-0.2, 0) is 32.8 Å². The SMILES string of the molecule is CC(C)CNC(=O)[C@@H](Cc1ccccc1)N(Cc1ccc(F)cc1)C(=O)CN(c1ccccc1F)S(=O)(=O)N(C)C. The number of halogens is 2. The summed E-state index contributed by atoms with van der Waals surface area (Å²) in [6, 6.07) is 18.8. The zero-order chi connectivity index (χ0) is 30.2. The first-order valence-corrected chi connectivity index (χ1v) is 14.6. The fourth-order valence-electron chi connectivity index (χ4n) is 4.12. The summed E-state index contributed by atoms with van der Waals surface area (Å²) >= 11 is 0. The Morgan fingerprint density at radius 1 is 0.854 bits per heavy atom. The molecule has 1 N–H and O–H groups in total. The second-order valence-corrected chi connectivity index (χ2v) is 12.3. The molecule has 0 heterocycles. The first kappa shape index (κ1) is 31.7. The van der Waals surface area contributed by atoms with E-state index in [0.717, 1.165) is 15.9 Å². The van der Waals surface area contributed by atoms with Crippen molar-refractivity contribution in [2.45, 2.75) is 32.9 Å².